The van der Waals surface area contributed by atoms with E-state index in [9.17, 15) is 4.79 Å². The topological polar surface area (TPSA) is 103 Å². The van der Waals surface area contributed by atoms with Crippen LogP contribution in [0.5, 0.6) is 5.75 Å². The van der Waals surface area contributed by atoms with Gasteiger partial charge in [0.2, 0.25) is 6.23 Å². The molecule has 3 heterocycles. The molecular weight excluding hydrogens is 346 g/mol. The van der Waals surface area contributed by atoms with Gasteiger partial charge in [0.1, 0.15) is 5.82 Å². The zero-order valence-electron chi connectivity index (χ0n) is 15.2. The van der Waals surface area contributed by atoms with E-state index in [1.807, 2.05) is 6.07 Å². The van der Waals surface area contributed by atoms with Gasteiger partial charge in [0.15, 0.2) is 11.6 Å². The lowest BCUT2D eigenvalue weighted by atomic mass is 10.1. The third-order valence-corrected chi connectivity index (χ3v) is 4.69. The Morgan fingerprint density at radius 1 is 1.30 bits per heavy atom. The zero-order valence-corrected chi connectivity index (χ0v) is 15.2. The minimum atomic E-state index is -1.05. The molecule has 1 fully saturated rings. The monoisotopic (exact) mass is 369 g/mol. The average molecular weight is 369 g/mol. The lowest BCUT2D eigenvalue weighted by Crippen LogP contribution is -2.45. The van der Waals surface area contributed by atoms with Gasteiger partial charge in [-0.15, -0.1) is 0 Å². The molecule has 8 heteroatoms. The Balaban J connectivity index is 1.48. The predicted octanol–water partition coefficient (Wildman–Crippen LogP) is 0.844. The molecule has 2 aromatic rings. The van der Waals surface area contributed by atoms with E-state index < -0.39 is 12.1 Å². The number of anilines is 1. The van der Waals surface area contributed by atoms with Gasteiger partial charge in [-0.2, -0.15) is 0 Å². The van der Waals surface area contributed by atoms with Crippen molar-refractivity contribution in [1.29, 1.82) is 0 Å². The van der Waals surface area contributed by atoms with Gasteiger partial charge >= 0.3 is 0 Å². The van der Waals surface area contributed by atoms with E-state index in [0.717, 1.165) is 19.6 Å². The highest BCUT2D eigenvalue weighted by molar-refractivity contribution is 5.96. The first-order valence-electron chi connectivity index (χ1n) is 9.07. The van der Waals surface area contributed by atoms with Crippen LogP contribution in [0.4, 0.5) is 5.82 Å². The van der Waals surface area contributed by atoms with E-state index in [-0.39, 0.29) is 6.10 Å². The van der Waals surface area contributed by atoms with Gasteiger partial charge in [0, 0.05) is 26.1 Å². The Hall–Kier alpha value is -2.55. The Kier molecular flexibility index (Phi) is 5.02. The molecule has 0 radical (unpaired) electrons. The molecule has 1 amide bonds. The smallest absolute Gasteiger partial charge is 0.281 e. The first kappa shape index (κ1) is 17.8. The molecule has 2 unspecified atom stereocenters. The molecule has 2 aliphatic heterocycles. The van der Waals surface area contributed by atoms with Gasteiger partial charge < -0.3 is 14.8 Å². The summed E-state index contributed by atoms with van der Waals surface area (Å²) < 4.78 is 11.5. The van der Waals surface area contributed by atoms with E-state index in [1.54, 1.807) is 6.92 Å². The van der Waals surface area contributed by atoms with Crippen molar-refractivity contribution in [2.24, 2.45) is 5.73 Å². The Morgan fingerprint density at radius 3 is 2.93 bits per heavy atom. The second-order valence-corrected chi connectivity index (χ2v) is 6.84. The van der Waals surface area contributed by atoms with Crippen molar-refractivity contribution >= 4 is 11.7 Å². The van der Waals surface area contributed by atoms with E-state index in [0.29, 0.717) is 36.1 Å². The molecule has 0 bridgehead atoms. The molecular formula is C19H23N5O3. The fourth-order valence-electron chi connectivity index (χ4n) is 3.44. The van der Waals surface area contributed by atoms with Crippen molar-refractivity contribution in [2.45, 2.75) is 32.2 Å². The van der Waals surface area contributed by atoms with Gasteiger partial charge in [-0.1, -0.05) is 30.3 Å². The molecule has 2 aliphatic rings. The van der Waals surface area contributed by atoms with E-state index >= 15 is 0 Å². The van der Waals surface area contributed by atoms with Crippen LogP contribution in [0.1, 0.15) is 17.1 Å². The number of hydrogen-bond acceptors (Lipinski definition) is 7. The van der Waals surface area contributed by atoms with Gasteiger partial charge in [-0.3, -0.25) is 15.4 Å². The van der Waals surface area contributed by atoms with Crippen LogP contribution in [0.25, 0.3) is 0 Å². The molecule has 1 aromatic carbocycles. The van der Waals surface area contributed by atoms with E-state index in [4.69, 9.17) is 15.2 Å². The number of rotatable bonds is 4. The average Bonchev–Trinajstić information content (AvgIpc) is 2.64. The Labute approximate surface area is 157 Å². The van der Waals surface area contributed by atoms with Crippen molar-refractivity contribution in [2.75, 3.05) is 25.0 Å². The Morgan fingerprint density at radius 2 is 2.11 bits per heavy atom. The highest BCUT2D eigenvalue weighted by Gasteiger charge is 2.30. The van der Waals surface area contributed by atoms with Gasteiger partial charge in [0.25, 0.3) is 5.91 Å². The number of nitrogens with zero attached hydrogens (tertiary/aromatic N) is 3. The maximum absolute atomic E-state index is 11.7. The van der Waals surface area contributed by atoms with Crippen molar-refractivity contribution in [3.8, 4) is 5.75 Å². The number of hydrogen-bond donors (Lipinski definition) is 2. The van der Waals surface area contributed by atoms with Crippen LogP contribution in [0.15, 0.2) is 30.3 Å². The molecule has 142 valence electrons. The highest BCUT2D eigenvalue weighted by Crippen LogP contribution is 2.31. The number of aryl methyl sites for hydroxylation is 1. The Bertz CT molecular complexity index is 830. The van der Waals surface area contributed by atoms with Crippen molar-refractivity contribution in [3.05, 3.63) is 47.4 Å². The van der Waals surface area contributed by atoms with Gasteiger partial charge in [-0.05, 0) is 12.5 Å². The number of ether oxygens (including phenoxy) is 2. The van der Waals surface area contributed by atoms with Crippen LogP contribution in [0.3, 0.4) is 0 Å². The molecule has 8 nitrogen and oxygen atoms in total. The van der Waals surface area contributed by atoms with Crippen LogP contribution in [0.2, 0.25) is 0 Å². The van der Waals surface area contributed by atoms with Gasteiger partial charge in [0.05, 0.1) is 18.4 Å². The number of benzene rings is 1. The summed E-state index contributed by atoms with van der Waals surface area (Å²) >= 11 is 0. The first-order chi connectivity index (χ1) is 13.1. The summed E-state index contributed by atoms with van der Waals surface area (Å²) in [5.41, 5.74) is 7.70. The molecule has 2 atom stereocenters. The third-order valence-electron chi connectivity index (χ3n) is 4.69. The molecule has 27 heavy (non-hydrogen) atoms. The van der Waals surface area contributed by atoms with Crippen LogP contribution in [-0.4, -0.2) is 52.8 Å². The molecule has 0 saturated carbocycles. The normalized spacial score (nSPS) is 22.7. The molecule has 0 aliphatic carbocycles. The molecule has 1 aromatic heterocycles. The summed E-state index contributed by atoms with van der Waals surface area (Å²) in [4.78, 5) is 22.9. The second-order valence-electron chi connectivity index (χ2n) is 6.84. The van der Waals surface area contributed by atoms with E-state index in [1.165, 1.54) is 5.56 Å². The second kappa shape index (κ2) is 7.59. The van der Waals surface area contributed by atoms with Crippen LogP contribution >= 0.6 is 0 Å². The lowest BCUT2D eigenvalue weighted by Gasteiger charge is -2.33. The SMILES string of the molecule is Cc1nc(CC2CN(Cc3ccccc3)CCO2)c2c(n1)NC(=O)C(N)O2. The summed E-state index contributed by atoms with van der Waals surface area (Å²) in [7, 11) is 0. The number of nitrogens with two attached hydrogens (primary N) is 1. The lowest BCUT2D eigenvalue weighted by molar-refractivity contribution is -0.123. The van der Waals surface area contributed by atoms with E-state index in [2.05, 4.69) is 44.5 Å². The quantitative estimate of drug-likeness (QED) is 0.823. The summed E-state index contributed by atoms with van der Waals surface area (Å²) in [5.74, 6) is 0.979. The van der Waals surface area contributed by atoms with Crippen molar-refractivity contribution in [3.63, 3.8) is 0 Å². The van der Waals surface area contributed by atoms with Crippen molar-refractivity contribution < 1.29 is 14.3 Å². The number of carbonyl (C=O) groups is 1. The largest absolute Gasteiger partial charge is 0.460 e. The number of amides is 1. The summed E-state index contributed by atoms with van der Waals surface area (Å²) in [6.07, 6.45) is -0.498. The number of aromatic nitrogens is 2. The summed E-state index contributed by atoms with van der Waals surface area (Å²) in [6.45, 7) is 5.03. The standard InChI is InChI=1S/C19H23N5O3/c1-12-21-15(16-18(22-12)23-19(25)17(20)27-16)9-14-11-24(7-8-26-14)10-13-5-3-2-4-6-13/h2-6,14,17H,7-11,20H2,1H3,(H,21,22,23,25). The number of morpholine rings is 1. The number of nitrogens with one attached hydrogen (secondary N) is 1. The summed E-state index contributed by atoms with van der Waals surface area (Å²) in [6, 6.07) is 10.4. The maximum atomic E-state index is 11.7. The number of carbonyl (C=O) groups excluding carboxylic acids is 1. The van der Waals surface area contributed by atoms with Crippen molar-refractivity contribution in [1.82, 2.24) is 14.9 Å². The highest BCUT2D eigenvalue weighted by atomic mass is 16.5. The first-order valence-corrected chi connectivity index (χ1v) is 9.07. The maximum Gasteiger partial charge on any atom is 0.281 e. The molecule has 3 N–H and O–H groups in total. The minimum Gasteiger partial charge on any atom is -0.460 e. The number of fused-ring (bicyclic) bond motifs is 1. The van der Waals surface area contributed by atoms with Gasteiger partial charge in [-0.25, -0.2) is 9.97 Å². The fraction of sp³-hybridized carbons (Fsp3) is 0.421. The van der Waals surface area contributed by atoms with Crippen LogP contribution in [-0.2, 0) is 22.5 Å². The molecule has 0 spiro atoms. The molecule has 1 saturated heterocycles. The van der Waals surface area contributed by atoms with Crippen LogP contribution in [0, 0.1) is 6.92 Å². The third kappa shape index (κ3) is 4.08. The fourth-order valence-corrected chi connectivity index (χ4v) is 3.44. The predicted molar refractivity (Wildman–Crippen MR) is 99.2 cm³/mol. The zero-order chi connectivity index (χ0) is 18.8. The summed E-state index contributed by atoms with van der Waals surface area (Å²) in [5, 5.41) is 2.68. The molecule has 4 rings (SSSR count). The minimum absolute atomic E-state index is 0.0154. The van der Waals surface area contributed by atoms with Crippen LogP contribution < -0.4 is 15.8 Å².